The van der Waals surface area contributed by atoms with Crippen LogP contribution in [0.25, 0.3) is 0 Å². The number of carbonyl (C=O) groups excluding carboxylic acids is 1. The quantitative estimate of drug-likeness (QED) is 0.797. The Morgan fingerprint density at radius 1 is 1.21 bits per heavy atom. The van der Waals surface area contributed by atoms with Crippen molar-refractivity contribution in [2.75, 3.05) is 0 Å². The van der Waals surface area contributed by atoms with Crippen LogP contribution in [0.5, 0.6) is 11.5 Å². The standard InChI is InChI=1S/C14H7ClFNO2/c15-12-6-11(16)2-4-14(12)19-13-3-1-9(8-18)5-10(13)7-17/h1-6,8H. The third-order valence-corrected chi connectivity index (χ3v) is 2.67. The van der Waals surface area contributed by atoms with Crippen molar-refractivity contribution >= 4 is 17.9 Å². The van der Waals surface area contributed by atoms with Crippen LogP contribution >= 0.6 is 11.6 Å². The summed E-state index contributed by atoms with van der Waals surface area (Å²) in [5.74, 6) is 0.00851. The second-order valence-corrected chi connectivity index (χ2v) is 4.07. The molecule has 0 unspecified atom stereocenters. The van der Waals surface area contributed by atoms with Crippen LogP contribution in [-0.4, -0.2) is 6.29 Å². The zero-order chi connectivity index (χ0) is 13.8. The van der Waals surface area contributed by atoms with Gasteiger partial charge in [0.15, 0.2) is 0 Å². The fourth-order valence-corrected chi connectivity index (χ4v) is 1.68. The molecule has 0 N–H and O–H groups in total. The second-order valence-electron chi connectivity index (χ2n) is 3.66. The molecule has 0 radical (unpaired) electrons. The molecule has 19 heavy (non-hydrogen) atoms. The van der Waals surface area contributed by atoms with Crippen LogP contribution in [0.3, 0.4) is 0 Å². The van der Waals surface area contributed by atoms with Crippen LogP contribution in [0.4, 0.5) is 4.39 Å². The minimum absolute atomic E-state index is 0.100. The van der Waals surface area contributed by atoms with Gasteiger partial charge < -0.3 is 4.74 Å². The predicted octanol–water partition coefficient (Wildman–Crippen LogP) is 3.96. The number of rotatable bonds is 3. The Bertz CT molecular complexity index is 680. The minimum Gasteiger partial charge on any atom is -0.454 e. The number of nitriles is 1. The number of hydrogen-bond acceptors (Lipinski definition) is 3. The molecule has 0 bridgehead atoms. The number of ether oxygens (including phenoxy) is 1. The lowest BCUT2D eigenvalue weighted by molar-refractivity contribution is 0.112. The maximum atomic E-state index is 12.9. The van der Waals surface area contributed by atoms with Gasteiger partial charge in [0.05, 0.1) is 10.6 Å². The van der Waals surface area contributed by atoms with Gasteiger partial charge in [0.2, 0.25) is 0 Å². The van der Waals surface area contributed by atoms with Crippen molar-refractivity contribution in [3.63, 3.8) is 0 Å². The van der Waals surface area contributed by atoms with E-state index in [0.717, 1.165) is 6.07 Å². The summed E-state index contributed by atoms with van der Waals surface area (Å²) in [6.07, 6.45) is 0.634. The van der Waals surface area contributed by atoms with Gasteiger partial charge in [-0.05, 0) is 36.4 Å². The fraction of sp³-hybridized carbons (Fsp3) is 0. The average molecular weight is 276 g/mol. The van der Waals surface area contributed by atoms with Crippen molar-refractivity contribution in [3.05, 3.63) is 58.4 Å². The minimum atomic E-state index is -0.478. The van der Waals surface area contributed by atoms with Gasteiger partial charge in [0.1, 0.15) is 29.7 Å². The highest BCUT2D eigenvalue weighted by molar-refractivity contribution is 6.32. The number of carbonyl (C=O) groups is 1. The zero-order valence-electron chi connectivity index (χ0n) is 9.56. The molecule has 3 nitrogen and oxygen atoms in total. The summed E-state index contributed by atoms with van der Waals surface area (Å²) in [5.41, 5.74) is 0.569. The highest BCUT2D eigenvalue weighted by atomic mass is 35.5. The summed E-state index contributed by atoms with van der Waals surface area (Å²) in [5, 5.41) is 9.09. The van der Waals surface area contributed by atoms with Gasteiger partial charge in [-0.2, -0.15) is 5.26 Å². The Morgan fingerprint density at radius 2 is 1.95 bits per heavy atom. The van der Waals surface area contributed by atoms with Crippen LogP contribution in [0.1, 0.15) is 15.9 Å². The van der Waals surface area contributed by atoms with Crippen LogP contribution in [0.15, 0.2) is 36.4 Å². The zero-order valence-corrected chi connectivity index (χ0v) is 10.3. The van der Waals surface area contributed by atoms with Gasteiger partial charge in [-0.1, -0.05) is 11.6 Å². The van der Waals surface area contributed by atoms with Crippen molar-refractivity contribution in [1.82, 2.24) is 0 Å². The first kappa shape index (κ1) is 13.1. The Hall–Kier alpha value is -2.38. The molecule has 94 valence electrons. The molecule has 0 aliphatic rings. The van der Waals surface area contributed by atoms with Gasteiger partial charge in [-0.3, -0.25) is 4.79 Å². The van der Waals surface area contributed by atoms with Gasteiger partial charge in [0.25, 0.3) is 0 Å². The Kier molecular flexibility index (Phi) is 3.79. The maximum absolute atomic E-state index is 12.9. The van der Waals surface area contributed by atoms with Crippen molar-refractivity contribution in [2.45, 2.75) is 0 Å². The Morgan fingerprint density at radius 3 is 2.58 bits per heavy atom. The van der Waals surface area contributed by atoms with Gasteiger partial charge >= 0.3 is 0 Å². The van der Waals surface area contributed by atoms with E-state index < -0.39 is 5.82 Å². The molecular weight excluding hydrogens is 269 g/mol. The predicted molar refractivity (Wildman–Crippen MR) is 68.0 cm³/mol. The molecule has 0 heterocycles. The fourth-order valence-electron chi connectivity index (χ4n) is 1.47. The highest BCUT2D eigenvalue weighted by Gasteiger charge is 2.09. The first-order valence-corrected chi connectivity index (χ1v) is 5.64. The molecular formula is C14H7ClFNO2. The van der Waals surface area contributed by atoms with E-state index in [0.29, 0.717) is 11.8 Å². The lowest BCUT2D eigenvalue weighted by atomic mass is 10.1. The molecule has 0 atom stereocenters. The van der Waals surface area contributed by atoms with Crippen LogP contribution < -0.4 is 4.74 Å². The molecule has 5 heteroatoms. The van der Waals surface area contributed by atoms with Gasteiger partial charge in [-0.15, -0.1) is 0 Å². The summed E-state index contributed by atoms with van der Waals surface area (Å²) in [6, 6.07) is 10.0. The van der Waals surface area contributed by atoms with E-state index in [4.69, 9.17) is 21.6 Å². The van der Waals surface area contributed by atoms with Crippen molar-refractivity contribution in [3.8, 4) is 17.6 Å². The molecule has 2 rings (SSSR count). The maximum Gasteiger partial charge on any atom is 0.150 e. The summed E-state index contributed by atoms with van der Waals surface area (Å²) < 4.78 is 18.3. The van der Waals surface area contributed by atoms with Crippen molar-refractivity contribution in [1.29, 1.82) is 5.26 Å². The molecule has 0 aliphatic heterocycles. The van der Waals surface area contributed by atoms with E-state index in [9.17, 15) is 9.18 Å². The SMILES string of the molecule is N#Cc1cc(C=O)ccc1Oc1ccc(F)cc1Cl. The van der Waals surface area contributed by atoms with Crippen LogP contribution in [0.2, 0.25) is 5.02 Å². The largest absolute Gasteiger partial charge is 0.454 e. The number of benzene rings is 2. The molecule has 0 saturated heterocycles. The van der Waals surface area contributed by atoms with E-state index in [1.165, 1.54) is 30.3 Å². The van der Waals surface area contributed by atoms with E-state index in [1.807, 2.05) is 6.07 Å². The number of hydrogen-bond donors (Lipinski definition) is 0. The van der Waals surface area contributed by atoms with Gasteiger partial charge in [-0.25, -0.2) is 4.39 Å². The number of aldehydes is 1. The van der Waals surface area contributed by atoms with Crippen LogP contribution in [-0.2, 0) is 0 Å². The van der Waals surface area contributed by atoms with E-state index in [-0.39, 0.29) is 22.1 Å². The third kappa shape index (κ3) is 2.90. The molecule has 0 amide bonds. The molecule has 0 fully saturated rings. The molecule has 0 aromatic heterocycles. The lowest BCUT2D eigenvalue weighted by Gasteiger charge is -2.09. The Labute approximate surface area is 113 Å². The normalized spacial score (nSPS) is 9.74. The third-order valence-electron chi connectivity index (χ3n) is 2.37. The van der Waals surface area contributed by atoms with Crippen molar-refractivity contribution in [2.24, 2.45) is 0 Å². The van der Waals surface area contributed by atoms with E-state index >= 15 is 0 Å². The monoisotopic (exact) mass is 275 g/mol. The second kappa shape index (κ2) is 5.51. The van der Waals surface area contributed by atoms with Crippen LogP contribution in [0, 0.1) is 17.1 Å². The van der Waals surface area contributed by atoms with E-state index in [1.54, 1.807) is 0 Å². The molecule has 0 saturated carbocycles. The van der Waals surface area contributed by atoms with Crippen molar-refractivity contribution < 1.29 is 13.9 Å². The first-order valence-electron chi connectivity index (χ1n) is 5.26. The molecule has 2 aromatic carbocycles. The smallest absolute Gasteiger partial charge is 0.150 e. The Balaban J connectivity index is 2.38. The average Bonchev–Trinajstić information content (AvgIpc) is 2.42. The molecule has 2 aromatic rings. The lowest BCUT2D eigenvalue weighted by Crippen LogP contribution is -1.91. The summed E-state index contributed by atoms with van der Waals surface area (Å²) >= 11 is 5.83. The first-order chi connectivity index (χ1) is 9.13. The summed E-state index contributed by atoms with van der Waals surface area (Å²) in [7, 11) is 0. The van der Waals surface area contributed by atoms with E-state index in [2.05, 4.69) is 0 Å². The topological polar surface area (TPSA) is 50.1 Å². The summed E-state index contributed by atoms with van der Waals surface area (Å²) in [4.78, 5) is 10.6. The highest BCUT2D eigenvalue weighted by Crippen LogP contribution is 2.31. The molecule has 0 spiro atoms. The van der Waals surface area contributed by atoms with Gasteiger partial charge in [0, 0.05) is 5.56 Å². The number of nitrogens with zero attached hydrogens (tertiary/aromatic N) is 1. The molecule has 0 aliphatic carbocycles. The summed E-state index contributed by atoms with van der Waals surface area (Å²) in [6.45, 7) is 0. The number of halogens is 2.